The molecule has 2 aromatic rings. The molecule has 3 rings (SSSR count). The second-order valence-corrected chi connectivity index (χ2v) is 7.69. The number of allylic oxidation sites excluding steroid dienone is 1. The smallest absolute Gasteiger partial charge is 0.249 e. The maximum absolute atomic E-state index is 11.8. The molecule has 0 atom stereocenters. The van der Waals surface area contributed by atoms with Crippen molar-refractivity contribution in [1.29, 1.82) is 0 Å². The number of hydrogen-bond donors (Lipinski definition) is 2. The summed E-state index contributed by atoms with van der Waals surface area (Å²) in [5.74, 6) is 1.41. The Kier molecular flexibility index (Phi) is 7.47. The summed E-state index contributed by atoms with van der Waals surface area (Å²) in [5, 5.41) is 2.94. The Morgan fingerprint density at radius 3 is 2.35 bits per heavy atom. The van der Waals surface area contributed by atoms with Crippen molar-refractivity contribution in [2.75, 3.05) is 63.4 Å². The van der Waals surface area contributed by atoms with Crippen molar-refractivity contribution >= 4 is 35.3 Å². The Bertz CT molecular complexity index is 938. The summed E-state index contributed by atoms with van der Waals surface area (Å²) in [6, 6.07) is 1.48. The molecular weight excluding hydrogens is 420 g/mol. The van der Waals surface area contributed by atoms with Crippen LogP contribution in [0.4, 0.5) is 17.6 Å². The number of carbonyl (C=O) groups is 1. The number of rotatable bonds is 7. The third-order valence-corrected chi connectivity index (χ3v) is 5.37. The number of nitrogen functional groups attached to an aromatic ring is 1. The van der Waals surface area contributed by atoms with E-state index in [1.165, 1.54) is 26.4 Å². The molecule has 2 aromatic heterocycles. The molecule has 1 aliphatic rings. The molecule has 0 unspecified atom stereocenters. The van der Waals surface area contributed by atoms with Gasteiger partial charge in [0.05, 0.1) is 14.2 Å². The molecule has 1 fully saturated rings. The Labute approximate surface area is 185 Å². The van der Waals surface area contributed by atoms with Crippen LogP contribution in [0.2, 0.25) is 0 Å². The molecule has 31 heavy (non-hydrogen) atoms. The third kappa shape index (κ3) is 5.73. The predicted molar refractivity (Wildman–Crippen MR) is 119 cm³/mol. The van der Waals surface area contributed by atoms with Gasteiger partial charge in [0.15, 0.2) is 5.16 Å². The molecule has 12 heteroatoms. The fourth-order valence-electron chi connectivity index (χ4n) is 2.87. The van der Waals surface area contributed by atoms with Crippen molar-refractivity contribution < 1.29 is 14.3 Å². The fraction of sp³-hybridized carbons (Fsp3) is 0.421. The summed E-state index contributed by atoms with van der Waals surface area (Å²) in [6.45, 7) is 5.21. The molecule has 3 N–H and O–H groups in total. The first-order chi connectivity index (χ1) is 14.9. The summed E-state index contributed by atoms with van der Waals surface area (Å²) in [7, 11) is 5.14. The number of likely N-dealkylation sites (N-methyl/N-ethyl adjacent to an activating group) is 1. The Hall–Kier alpha value is -3.12. The number of piperazine rings is 1. The SMILES string of the molecule is C/C=C\C(=O)Nc1cc(N)nc(Sc2c(OC)nc(N3CCN(C)CC3)nc2OC)n1. The number of anilines is 3. The lowest BCUT2D eigenvalue weighted by Crippen LogP contribution is -2.45. The maximum atomic E-state index is 11.8. The number of nitrogens with zero attached hydrogens (tertiary/aromatic N) is 6. The van der Waals surface area contributed by atoms with Gasteiger partial charge in [-0.2, -0.15) is 9.97 Å². The van der Waals surface area contributed by atoms with Gasteiger partial charge in [0.25, 0.3) is 0 Å². The van der Waals surface area contributed by atoms with Crippen molar-refractivity contribution in [3.8, 4) is 11.8 Å². The number of methoxy groups -OCH3 is 2. The van der Waals surface area contributed by atoms with E-state index >= 15 is 0 Å². The summed E-state index contributed by atoms with van der Waals surface area (Å²) < 4.78 is 11.0. The largest absolute Gasteiger partial charge is 0.480 e. The van der Waals surface area contributed by atoms with E-state index in [1.54, 1.807) is 13.0 Å². The second-order valence-electron chi connectivity index (χ2n) is 6.71. The van der Waals surface area contributed by atoms with Gasteiger partial charge in [0.1, 0.15) is 16.5 Å². The topological polar surface area (TPSA) is 132 Å². The number of amides is 1. The average molecular weight is 447 g/mol. The fourth-order valence-corrected chi connectivity index (χ4v) is 3.79. The molecule has 3 heterocycles. The van der Waals surface area contributed by atoms with Crippen molar-refractivity contribution in [2.24, 2.45) is 0 Å². The van der Waals surface area contributed by atoms with Gasteiger partial charge in [-0.1, -0.05) is 6.08 Å². The minimum Gasteiger partial charge on any atom is -0.480 e. The summed E-state index contributed by atoms with van der Waals surface area (Å²) in [4.78, 5) is 34.4. The molecule has 166 valence electrons. The van der Waals surface area contributed by atoms with E-state index < -0.39 is 0 Å². The molecule has 0 aromatic carbocycles. The molecule has 0 bridgehead atoms. The second kappa shape index (κ2) is 10.3. The van der Waals surface area contributed by atoms with Crippen molar-refractivity contribution in [3.63, 3.8) is 0 Å². The van der Waals surface area contributed by atoms with E-state index in [0.29, 0.717) is 27.8 Å². The number of ether oxygens (including phenoxy) is 2. The van der Waals surface area contributed by atoms with Crippen LogP contribution in [0.3, 0.4) is 0 Å². The average Bonchev–Trinajstić information content (AvgIpc) is 2.74. The predicted octanol–water partition coefficient (Wildman–Crippen LogP) is 1.28. The first kappa shape index (κ1) is 22.6. The third-order valence-electron chi connectivity index (χ3n) is 4.45. The van der Waals surface area contributed by atoms with Gasteiger partial charge in [-0.05, 0) is 31.8 Å². The highest BCUT2D eigenvalue weighted by atomic mass is 32.2. The number of aromatic nitrogens is 4. The minimum atomic E-state index is -0.313. The van der Waals surface area contributed by atoms with Crippen LogP contribution in [0.5, 0.6) is 11.8 Å². The number of nitrogens with one attached hydrogen (secondary N) is 1. The van der Waals surface area contributed by atoms with Gasteiger partial charge < -0.3 is 30.3 Å². The van der Waals surface area contributed by atoms with Gasteiger partial charge in [0, 0.05) is 32.2 Å². The van der Waals surface area contributed by atoms with E-state index in [-0.39, 0.29) is 17.5 Å². The van der Waals surface area contributed by atoms with Crippen LogP contribution < -0.4 is 25.4 Å². The first-order valence-corrected chi connectivity index (χ1v) is 10.4. The molecule has 0 radical (unpaired) electrons. The summed E-state index contributed by atoms with van der Waals surface area (Å²) in [5.41, 5.74) is 5.90. The van der Waals surface area contributed by atoms with E-state index in [0.717, 1.165) is 37.9 Å². The highest BCUT2D eigenvalue weighted by Gasteiger charge is 2.23. The van der Waals surface area contributed by atoms with Gasteiger partial charge in [-0.3, -0.25) is 4.79 Å². The Morgan fingerprint density at radius 1 is 1.13 bits per heavy atom. The van der Waals surface area contributed by atoms with Crippen molar-refractivity contribution in [3.05, 3.63) is 18.2 Å². The van der Waals surface area contributed by atoms with Gasteiger partial charge >= 0.3 is 0 Å². The van der Waals surface area contributed by atoms with Crippen LogP contribution in [0.15, 0.2) is 28.3 Å². The van der Waals surface area contributed by atoms with E-state index in [4.69, 9.17) is 15.2 Å². The van der Waals surface area contributed by atoms with Crippen LogP contribution in [0, 0.1) is 0 Å². The standard InChI is InChI=1S/C19H26N8O3S/c1-5-6-14(28)22-13-11-12(20)21-19(23-13)31-15-16(29-3)24-18(25-17(15)30-4)27-9-7-26(2)8-10-27/h5-6,11H,7-10H2,1-4H3,(H3,20,21,22,23,28)/b6-5-. The normalized spacial score (nSPS) is 14.6. The Balaban J connectivity index is 1.90. The summed E-state index contributed by atoms with van der Waals surface area (Å²) >= 11 is 1.14. The monoisotopic (exact) mass is 446 g/mol. The molecule has 1 aliphatic heterocycles. The molecular formula is C19H26N8O3S. The van der Waals surface area contributed by atoms with Crippen molar-refractivity contribution in [1.82, 2.24) is 24.8 Å². The molecule has 1 amide bonds. The van der Waals surface area contributed by atoms with Crippen LogP contribution in [-0.2, 0) is 4.79 Å². The minimum absolute atomic E-state index is 0.209. The van der Waals surface area contributed by atoms with Gasteiger partial charge in [0.2, 0.25) is 23.6 Å². The Morgan fingerprint density at radius 2 is 1.77 bits per heavy atom. The van der Waals surface area contributed by atoms with Crippen LogP contribution in [0.25, 0.3) is 0 Å². The molecule has 11 nitrogen and oxygen atoms in total. The zero-order chi connectivity index (χ0) is 22.4. The number of nitrogens with two attached hydrogens (primary N) is 1. The zero-order valence-corrected chi connectivity index (χ0v) is 18.8. The van der Waals surface area contributed by atoms with E-state index in [9.17, 15) is 4.79 Å². The zero-order valence-electron chi connectivity index (χ0n) is 18.0. The first-order valence-electron chi connectivity index (χ1n) is 9.63. The lowest BCUT2D eigenvalue weighted by molar-refractivity contribution is -0.111. The highest BCUT2D eigenvalue weighted by Crippen LogP contribution is 2.40. The lowest BCUT2D eigenvalue weighted by atomic mass is 10.3. The molecule has 1 saturated heterocycles. The van der Waals surface area contributed by atoms with E-state index in [1.807, 2.05) is 0 Å². The van der Waals surface area contributed by atoms with E-state index in [2.05, 4.69) is 42.1 Å². The molecule has 0 aliphatic carbocycles. The lowest BCUT2D eigenvalue weighted by Gasteiger charge is -2.32. The van der Waals surface area contributed by atoms with Crippen molar-refractivity contribution in [2.45, 2.75) is 17.0 Å². The van der Waals surface area contributed by atoms with Gasteiger partial charge in [-0.25, -0.2) is 9.97 Å². The number of carbonyl (C=O) groups excluding carboxylic acids is 1. The van der Waals surface area contributed by atoms with Crippen LogP contribution >= 0.6 is 11.8 Å². The molecule has 0 spiro atoms. The number of hydrogen-bond acceptors (Lipinski definition) is 11. The van der Waals surface area contributed by atoms with Crippen LogP contribution in [-0.4, -0.2) is 78.2 Å². The quantitative estimate of drug-likeness (QED) is 0.471. The van der Waals surface area contributed by atoms with Crippen LogP contribution in [0.1, 0.15) is 6.92 Å². The molecule has 0 saturated carbocycles. The highest BCUT2D eigenvalue weighted by molar-refractivity contribution is 7.99. The maximum Gasteiger partial charge on any atom is 0.249 e. The van der Waals surface area contributed by atoms with Gasteiger partial charge in [-0.15, -0.1) is 0 Å². The summed E-state index contributed by atoms with van der Waals surface area (Å²) in [6.07, 6.45) is 3.02.